The third-order valence-corrected chi connectivity index (χ3v) is 8.10. The molecule has 3 aromatic carbocycles. The van der Waals surface area contributed by atoms with Crippen molar-refractivity contribution in [3.8, 4) is 5.75 Å². The molecule has 3 saturated heterocycles. The SMILES string of the molecule is C=C(C)COc1cccc(CC2(N)C(C(N)=O)C3CCN2CC3)c1C(c1ccccc1)c1ccccc1. The van der Waals surface area contributed by atoms with E-state index in [1.807, 2.05) is 31.2 Å². The average Bonchev–Trinajstić information content (AvgIpc) is 2.90. The number of rotatable bonds is 9. The molecule has 0 aliphatic carbocycles. The maximum atomic E-state index is 12.7. The first-order valence-electron chi connectivity index (χ1n) is 13.2. The third kappa shape index (κ3) is 4.94. The topological polar surface area (TPSA) is 81.6 Å². The van der Waals surface area contributed by atoms with Crippen molar-refractivity contribution in [2.24, 2.45) is 23.3 Å². The summed E-state index contributed by atoms with van der Waals surface area (Å²) in [6, 6.07) is 27.2. The van der Waals surface area contributed by atoms with E-state index < -0.39 is 5.66 Å². The molecular weight excluding hydrogens is 458 g/mol. The molecule has 0 saturated carbocycles. The van der Waals surface area contributed by atoms with Gasteiger partial charge in [-0.2, -0.15) is 0 Å². The van der Waals surface area contributed by atoms with E-state index in [-0.39, 0.29) is 23.7 Å². The van der Waals surface area contributed by atoms with Crippen molar-refractivity contribution in [3.05, 3.63) is 113 Å². The molecule has 2 atom stereocenters. The van der Waals surface area contributed by atoms with E-state index in [1.54, 1.807) is 0 Å². The Hall–Kier alpha value is -3.41. The van der Waals surface area contributed by atoms with Crippen LogP contribution in [0.3, 0.4) is 0 Å². The van der Waals surface area contributed by atoms with Gasteiger partial charge in [0.15, 0.2) is 0 Å². The van der Waals surface area contributed by atoms with Crippen LogP contribution in [0.1, 0.15) is 47.9 Å². The van der Waals surface area contributed by atoms with Crippen molar-refractivity contribution in [1.82, 2.24) is 4.90 Å². The molecule has 5 heteroatoms. The molecule has 192 valence electrons. The Bertz CT molecular complexity index is 1210. The second-order valence-electron chi connectivity index (χ2n) is 10.7. The maximum Gasteiger partial charge on any atom is 0.224 e. The minimum Gasteiger partial charge on any atom is -0.489 e. The van der Waals surface area contributed by atoms with Crippen LogP contribution in [0.4, 0.5) is 0 Å². The molecule has 2 bridgehead atoms. The predicted octanol–water partition coefficient (Wildman–Crippen LogP) is 4.85. The van der Waals surface area contributed by atoms with Crippen molar-refractivity contribution in [1.29, 1.82) is 0 Å². The van der Waals surface area contributed by atoms with Gasteiger partial charge in [-0.1, -0.05) is 79.4 Å². The molecule has 0 aromatic heterocycles. The van der Waals surface area contributed by atoms with Gasteiger partial charge in [0.05, 0.1) is 11.6 Å². The van der Waals surface area contributed by atoms with Gasteiger partial charge in [0.1, 0.15) is 12.4 Å². The van der Waals surface area contributed by atoms with Gasteiger partial charge in [-0.3, -0.25) is 9.69 Å². The second kappa shape index (κ2) is 10.5. The van der Waals surface area contributed by atoms with Gasteiger partial charge in [-0.25, -0.2) is 0 Å². The molecule has 0 spiro atoms. The lowest BCUT2D eigenvalue weighted by molar-refractivity contribution is -0.143. The van der Waals surface area contributed by atoms with E-state index in [2.05, 4.69) is 66.1 Å². The predicted molar refractivity (Wildman–Crippen MR) is 148 cm³/mol. The van der Waals surface area contributed by atoms with E-state index in [0.717, 1.165) is 48.4 Å². The number of hydrogen-bond acceptors (Lipinski definition) is 4. The van der Waals surface area contributed by atoms with E-state index >= 15 is 0 Å². The molecule has 3 fully saturated rings. The van der Waals surface area contributed by atoms with Gasteiger partial charge in [-0.15, -0.1) is 0 Å². The Balaban J connectivity index is 1.68. The number of carbonyl (C=O) groups is 1. The Morgan fingerprint density at radius 2 is 1.59 bits per heavy atom. The van der Waals surface area contributed by atoms with Crippen molar-refractivity contribution >= 4 is 5.91 Å². The summed E-state index contributed by atoms with van der Waals surface area (Å²) in [7, 11) is 0. The zero-order valence-corrected chi connectivity index (χ0v) is 21.6. The largest absolute Gasteiger partial charge is 0.489 e. The summed E-state index contributed by atoms with van der Waals surface area (Å²) in [6.07, 6.45) is 2.46. The molecule has 3 heterocycles. The quantitative estimate of drug-likeness (QED) is 0.329. The van der Waals surface area contributed by atoms with Crippen LogP contribution in [-0.4, -0.2) is 36.2 Å². The van der Waals surface area contributed by atoms with E-state index in [0.29, 0.717) is 13.0 Å². The standard InChI is InChI=1S/C32H37N3O2/c1-22(2)21-37-27-15-9-14-26(20-32(34)30(31(33)36)25-16-18-35(32)19-17-25)29(27)28(23-10-5-3-6-11-23)24-12-7-4-8-13-24/h3-15,25,28,30H,1,16-21,34H2,2H3,(H2,33,36). The number of benzene rings is 3. The van der Waals surface area contributed by atoms with Crippen LogP contribution < -0.4 is 16.2 Å². The van der Waals surface area contributed by atoms with Crippen LogP contribution in [-0.2, 0) is 11.2 Å². The number of piperidine rings is 3. The highest BCUT2D eigenvalue weighted by Crippen LogP contribution is 2.46. The van der Waals surface area contributed by atoms with E-state index in [1.165, 1.54) is 11.1 Å². The lowest BCUT2D eigenvalue weighted by atomic mass is 9.67. The number of fused-ring (bicyclic) bond motifs is 3. The average molecular weight is 496 g/mol. The Morgan fingerprint density at radius 3 is 2.14 bits per heavy atom. The molecule has 3 aliphatic heterocycles. The number of hydrogen-bond donors (Lipinski definition) is 2. The molecule has 3 aromatic rings. The van der Waals surface area contributed by atoms with Gasteiger partial charge in [0, 0.05) is 31.0 Å². The number of carbonyl (C=O) groups excluding carboxylic acids is 1. The van der Waals surface area contributed by atoms with Crippen LogP contribution in [0.15, 0.2) is 91.0 Å². The lowest BCUT2D eigenvalue weighted by Gasteiger charge is -2.56. The van der Waals surface area contributed by atoms with Gasteiger partial charge >= 0.3 is 0 Å². The molecule has 5 nitrogen and oxygen atoms in total. The molecule has 37 heavy (non-hydrogen) atoms. The summed E-state index contributed by atoms with van der Waals surface area (Å²) < 4.78 is 6.38. The van der Waals surface area contributed by atoms with Crippen LogP contribution in [0, 0.1) is 11.8 Å². The second-order valence-corrected chi connectivity index (χ2v) is 10.7. The van der Waals surface area contributed by atoms with Crippen LogP contribution in [0.2, 0.25) is 0 Å². The molecular formula is C32H37N3O2. The van der Waals surface area contributed by atoms with Gasteiger partial charge < -0.3 is 16.2 Å². The van der Waals surface area contributed by atoms with Crippen molar-refractivity contribution in [3.63, 3.8) is 0 Å². The number of primary amides is 1. The minimum absolute atomic E-state index is 0.0647. The highest BCUT2D eigenvalue weighted by molar-refractivity contribution is 5.79. The lowest BCUT2D eigenvalue weighted by Crippen LogP contribution is -2.72. The van der Waals surface area contributed by atoms with Crippen LogP contribution in [0.25, 0.3) is 0 Å². The normalized spacial score (nSPS) is 24.7. The molecule has 4 N–H and O–H groups in total. The monoisotopic (exact) mass is 495 g/mol. The number of nitrogens with two attached hydrogens (primary N) is 2. The first kappa shape index (κ1) is 25.2. The van der Waals surface area contributed by atoms with E-state index in [4.69, 9.17) is 16.2 Å². The van der Waals surface area contributed by atoms with Gasteiger partial charge in [0.25, 0.3) is 0 Å². The summed E-state index contributed by atoms with van der Waals surface area (Å²) in [5.74, 6) is 0.307. The van der Waals surface area contributed by atoms with Crippen molar-refractivity contribution < 1.29 is 9.53 Å². The van der Waals surface area contributed by atoms with E-state index in [9.17, 15) is 4.79 Å². The number of ether oxygens (including phenoxy) is 1. The Kier molecular flexibility index (Phi) is 7.18. The molecule has 2 unspecified atom stereocenters. The Labute approximate surface area is 220 Å². The van der Waals surface area contributed by atoms with Crippen molar-refractivity contribution in [2.75, 3.05) is 19.7 Å². The summed E-state index contributed by atoms with van der Waals surface area (Å²) in [5, 5.41) is 0. The summed E-state index contributed by atoms with van der Waals surface area (Å²) in [6.45, 7) is 8.23. The molecule has 0 radical (unpaired) electrons. The highest BCUT2D eigenvalue weighted by Gasteiger charge is 2.54. The van der Waals surface area contributed by atoms with Gasteiger partial charge in [0.2, 0.25) is 5.91 Å². The number of amides is 1. The fraction of sp³-hybridized carbons (Fsp3) is 0.344. The zero-order valence-electron chi connectivity index (χ0n) is 21.6. The fourth-order valence-corrected chi connectivity index (χ4v) is 6.47. The van der Waals surface area contributed by atoms with Crippen molar-refractivity contribution in [2.45, 2.75) is 37.8 Å². The first-order valence-corrected chi connectivity index (χ1v) is 13.2. The third-order valence-electron chi connectivity index (χ3n) is 8.10. The molecule has 3 aliphatic rings. The Morgan fingerprint density at radius 1 is 1.00 bits per heavy atom. The van der Waals surface area contributed by atoms with Gasteiger partial charge in [-0.05, 0) is 54.0 Å². The summed E-state index contributed by atoms with van der Waals surface area (Å²) in [4.78, 5) is 15.0. The fourth-order valence-electron chi connectivity index (χ4n) is 6.47. The molecule has 1 amide bonds. The summed E-state index contributed by atoms with van der Waals surface area (Å²) >= 11 is 0. The zero-order chi connectivity index (χ0) is 26.0. The smallest absolute Gasteiger partial charge is 0.224 e. The summed E-state index contributed by atoms with van der Waals surface area (Å²) in [5.41, 5.74) is 17.8. The van der Waals surface area contributed by atoms with Crippen LogP contribution >= 0.6 is 0 Å². The van der Waals surface area contributed by atoms with Crippen LogP contribution in [0.5, 0.6) is 5.75 Å². The first-order chi connectivity index (χ1) is 17.9. The highest BCUT2D eigenvalue weighted by atomic mass is 16.5. The maximum absolute atomic E-state index is 12.7. The minimum atomic E-state index is -0.827. The number of nitrogens with zero attached hydrogens (tertiary/aromatic N) is 1. The molecule has 6 rings (SSSR count).